The first-order chi connectivity index (χ1) is 15.9. The van der Waals surface area contributed by atoms with Crippen molar-refractivity contribution in [2.24, 2.45) is 0 Å². The molecule has 0 saturated heterocycles. The molecule has 1 aromatic carbocycles. The maximum Gasteiger partial charge on any atom is 0.237 e. The molecule has 1 amide bonds. The van der Waals surface area contributed by atoms with Crippen LogP contribution in [0.15, 0.2) is 35.7 Å². The molecule has 2 heterocycles. The van der Waals surface area contributed by atoms with Crippen LogP contribution in [0.5, 0.6) is 5.75 Å². The van der Waals surface area contributed by atoms with E-state index in [0.29, 0.717) is 32.2 Å². The van der Waals surface area contributed by atoms with Crippen molar-refractivity contribution < 1.29 is 14.6 Å². The zero-order chi connectivity index (χ0) is 23.8. The van der Waals surface area contributed by atoms with Crippen LogP contribution in [0.3, 0.4) is 0 Å². The van der Waals surface area contributed by atoms with Crippen molar-refractivity contribution >= 4 is 17.2 Å². The number of carbonyl (C=O) groups excluding carboxylic acids is 1. The number of aliphatic hydroxyl groups is 1. The lowest BCUT2D eigenvalue weighted by Crippen LogP contribution is -2.47. The molecular formula is C27H40N2O3S. The third-order valence-corrected chi connectivity index (χ3v) is 7.36. The fourth-order valence-corrected chi connectivity index (χ4v) is 5.48. The SMILES string of the molecule is CCCC(O)CN(CCC)CC(=O)N1CCc2sccc2C1COc1ccc(C(C)C)cc1. The predicted molar refractivity (Wildman–Crippen MR) is 136 cm³/mol. The molecule has 0 fully saturated rings. The first-order valence-corrected chi connectivity index (χ1v) is 13.3. The molecule has 2 unspecified atom stereocenters. The predicted octanol–water partition coefficient (Wildman–Crippen LogP) is 5.25. The monoisotopic (exact) mass is 472 g/mol. The largest absolute Gasteiger partial charge is 0.491 e. The molecule has 0 radical (unpaired) electrons. The average molecular weight is 473 g/mol. The molecule has 1 aliphatic heterocycles. The fourth-order valence-electron chi connectivity index (χ4n) is 4.55. The Bertz CT molecular complexity index is 865. The Hall–Kier alpha value is -1.89. The number of ether oxygens (including phenoxy) is 1. The van der Waals surface area contributed by atoms with Gasteiger partial charge in [0.25, 0.3) is 0 Å². The minimum absolute atomic E-state index is 0.0821. The summed E-state index contributed by atoms with van der Waals surface area (Å²) in [6, 6.07) is 10.3. The van der Waals surface area contributed by atoms with Crippen LogP contribution in [0.1, 0.15) is 74.9 Å². The molecule has 6 heteroatoms. The van der Waals surface area contributed by atoms with E-state index < -0.39 is 0 Å². The van der Waals surface area contributed by atoms with Crippen LogP contribution in [-0.4, -0.2) is 59.7 Å². The Morgan fingerprint density at radius 2 is 1.97 bits per heavy atom. The van der Waals surface area contributed by atoms with Crippen LogP contribution in [0, 0.1) is 0 Å². The molecule has 1 N–H and O–H groups in total. The molecule has 182 valence electrons. The van der Waals surface area contributed by atoms with Crippen molar-refractivity contribution in [3.63, 3.8) is 0 Å². The number of benzene rings is 1. The van der Waals surface area contributed by atoms with Crippen LogP contribution in [-0.2, 0) is 11.2 Å². The highest BCUT2D eigenvalue weighted by Gasteiger charge is 2.33. The van der Waals surface area contributed by atoms with E-state index in [9.17, 15) is 9.90 Å². The van der Waals surface area contributed by atoms with E-state index in [1.54, 1.807) is 11.3 Å². The van der Waals surface area contributed by atoms with Gasteiger partial charge in [0.1, 0.15) is 12.4 Å². The zero-order valence-corrected chi connectivity index (χ0v) is 21.4. The van der Waals surface area contributed by atoms with Crippen molar-refractivity contribution in [3.05, 3.63) is 51.7 Å². The number of rotatable bonds is 12. The van der Waals surface area contributed by atoms with Crippen LogP contribution in [0.2, 0.25) is 0 Å². The van der Waals surface area contributed by atoms with Gasteiger partial charge in [-0.15, -0.1) is 11.3 Å². The maximum atomic E-state index is 13.4. The molecule has 2 atom stereocenters. The molecule has 33 heavy (non-hydrogen) atoms. The molecule has 3 rings (SSSR count). The van der Waals surface area contributed by atoms with Gasteiger partial charge in [-0.1, -0.05) is 46.2 Å². The quantitative estimate of drug-likeness (QED) is 0.458. The summed E-state index contributed by atoms with van der Waals surface area (Å²) in [6.07, 6.45) is 3.18. The van der Waals surface area contributed by atoms with E-state index >= 15 is 0 Å². The molecule has 1 aliphatic rings. The van der Waals surface area contributed by atoms with Crippen molar-refractivity contribution in [2.75, 3.05) is 32.8 Å². The topological polar surface area (TPSA) is 53.0 Å². The highest BCUT2D eigenvalue weighted by atomic mass is 32.1. The molecule has 0 bridgehead atoms. The summed E-state index contributed by atoms with van der Waals surface area (Å²) in [7, 11) is 0. The standard InChI is InChI=1S/C27H40N2O3S/c1-5-7-22(30)17-28(14-6-2)18-27(31)29-15-12-26-24(13-16-33-26)25(29)19-32-23-10-8-21(9-11-23)20(3)4/h8-11,13,16,20,22,25,30H,5-7,12,14-15,17-19H2,1-4H3. The van der Waals surface area contributed by atoms with E-state index in [4.69, 9.17) is 4.74 Å². The van der Waals surface area contributed by atoms with Gasteiger partial charge in [-0.3, -0.25) is 9.69 Å². The second-order valence-corrected chi connectivity index (χ2v) is 10.4. The van der Waals surface area contributed by atoms with Crippen LogP contribution in [0.25, 0.3) is 0 Å². The van der Waals surface area contributed by atoms with Gasteiger partial charge < -0.3 is 14.7 Å². The molecule has 0 aliphatic carbocycles. The summed E-state index contributed by atoms with van der Waals surface area (Å²) in [6.45, 7) is 11.4. The minimum atomic E-state index is -0.382. The number of nitrogens with zero attached hydrogens (tertiary/aromatic N) is 2. The Kier molecular flexibility index (Phi) is 9.78. The highest BCUT2D eigenvalue weighted by molar-refractivity contribution is 7.10. The minimum Gasteiger partial charge on any atom is -0.491 e. The van der Waals surface area contributed by atoms with Crippen molar-refractivity contribution in [2.45, 2.75) is 71.4 Å². The lowest BCUT2D eigenvalue weighted by Gasteiger charge is -2.37. The summed E-state index contributed by atoms with van der Waals surface area (Å²) in [5.41, 5.74) is 2.50. The van der Waals surface area contributed by atoms with Crippen LogP contribution >= 0.6 is 11.3 Å². The van der Waals surface area contributed by atoms with E-state index in [1.165, 1.54) is 16.0 Å². The highest BCUT2D eigenvalue weighted by Crippen LogP contribution is 2.34. The van der Waals surface area contributed by atoms with E-state index in [2.05, 4.69) is 56.2 Å². The average Bonchev–Trinajstić information content (AvgIpc) is 3.27. The van der Waals surface area contributed by atoms with Gasteiger partial charge in [-0.2, -0.15) is 0 Å². The van der Waals surface area contributed by atoms with E-state index in [1.807, 2.05) is 17.0 Å². The third kappa shape index (κ3) is 7.05. The zero-order valence-electron chi connectivity index (χ0n) is 20.6. The molecule has 1 aromatic heterocycles. The first kappa shape index (κ1) is 25.7. The van der Waals surface area contributed by atoms with Gasteiger partial charge >= 0.3 is 0 Å². The van der Waals surface area contributed by atoms with Gasteiger partial charge in [0.15, 0.2) is 0 Å². The van der Waals surface area contributed by atoms with Gasteiger partial charge in [-0.05, 0) is 66.4 Å². The lowest BCUT2D eigenvalue weighted by molar-refractivity contribution is -0.136. The van der Waals surface area contributed by atoms with Gasteiger partial charge in [0.2, 0.25) is 5.91 Å². The van der Waals surface area contributed by atoms with Crippen molar-refractivity contribution in [1.29, 1.82) is 0 Å². The van der Waals surface area contributed by atoms with Gasteiger partial charge in [0, 0.05) is 18.0 Å². The number of fused-ring (bicyclic) bond motifs is 1. The number of amides is 1. The van der Waals surface area contributed by atoms with Crippen molar-refractivity contribution in [3.8, 4) is 5.75 Å². The molecule has 5 nitrogen and oxygen atoms in total. The summed E-state index contributed by atoms with van der Waals surface area (Å²) in [5, 5.41) is 12.4. The van der Waals surface area contributed by atoms with Crippen molar-refractivity contribution in [1.82, 2.24) is 9.80 Å². The molecule has 0 spiro atoms. The third-order valence-electron chi connectivity index (χ3n) is 6.36. The maximum absolute atomic E-state index is 13.4. The summed E-state index contributed by atoms with van der Waals surface area (Å²) in [5.74, 6) is 1.44. The number of carbonyl (C=O) groups is 1. The smallest absolute Gasteiger partial charge is 0.237 e. The van der Waals surface area contributed by atoms with Crippen LogP contribution < -0.4 is 4.74 Å². The molecule has 0 saturated carbocycles. The summed E-state index contributed by atoms with van der Waals surface area (Å²) >= 11 is 1.77. The Morgan fingerprint density at radius 1 is 1.21 bits per heavy atom. The summed E-state index contributed by atoms with van der Waals surface area (Å²) in [4.78, 5) is 18.9. The Balaban J connectivity index is 1.70. The number of aliphatic hydroxyl groups excluding tert-OH is 1. The molecular weight excluding hydrogens is 432 g/mol. The second-order valence-electron chi connectivity index (χ2n) is 9.36. The fraction of sp³-hybridized carbons (Fsp3) is 0.593. The Labute approximate surface area is 203 Å². The van der Waals surface area contributed by atoms with E-state index in [0.717, 1.165) is 38.0 Å². The first-order valence-electron chi connectivity index (χ1n) is 12.4. The number of hydrogen-bond acceptors (Lipinski definition) is 5. The van der Waals surface area contributed by atoms with Gasteiger partial charge in [-0.25, -0.2) is 0 Å². The van der Waals surface area contributed by atoms with Crippen LogP contribution in [0.4, 0.5) is 0 Å². The summed E-state index contributed by atoms with van der Waals surface area (Å²) < 4.78 is 6.19. The number of hydrogen-bond donors (Lipinski definition) is 1. The Morgan fingerprint density at radius 3 is 2.64 bits per heavy atom. The van der Waals surface area contributed by atoms with Gasteiger partial charge in [0.05, 0.1) is 18.7 Å². The van der Waals surface area contributed by atoms with E-state index in [-0.39, 0.29) is 18.1 Å². The lowest BCUT2D eigenvalue weighted by atomic mass is 10.00. The molecule has 2 aromatic rings. The number of thiophene rings is 1. The normalized spacial score (nSPS) is 16.8. The second kappa shape index (κ2) is 12.5.